The van der Waals surface area contributed by atoms with E-state index >= 15 is 0 Å². The predicted octanol–water partition coefficient (Wildman–Crippen LogP) is 3.21. The van der Waals surface area contributed by atoms with Gasteiger partial charge in [-0.25, -0.2) is 0 Å². The third kappa shape index (κ3) is 1.57. The summed E-state index contributed by atoms with van der Waals surface area (Å²) in [6.07, 6.45) is 0. The van der Waals surface area contributed by atoms with Crippen LogP contribution in [0.3, 0.4) is 0 Å². The number of rotatable bonds is 0. The molecule has 0 radical (unpaired) electrons. The zero-order valence-electron chi connectivity index (χ0n) is 8.94. The third-order valence-corrected chi connectivity index (χ3v) is 3.17. The predicted molar refractivity (Wildman–Crippen MR) is 72.2 cm³/mol. The first kappa shape index (κ1) is 10.5. The average Bonchev–Trinajstić information content (AvgIpc) is 2.29. The maximum atomic E-state index is 5.19. The summed E-state index contributed by atoms with van der Waals surface area (Å²) < 4.78 is 1.01. The molecule has 2 heterocycles. The standard InChI is InChI=1S/C11H8N4S2/c1-5-3-2-4-6-7(5)14-15-9-8(6)12-11(17)13-10(9)16/h2-4H,1H3,(H2,12,13,16,17). The van der Waals surface area contributed by atoms with E-state index in [2.05, 4.69) is 20.2 Å². The van der Waals surface area contributed by atoms with Gasteiger partial charge in [0.2, 0.25) is 0 Å². The van der Waals surface area contributed by atoms with E-state index in [9.17, 15) is 0 Å². The van der Waals surface area contributed by atoms with Crippen molar-refractivity contribution in [1.82, 2.24) is 20.2 Å². The fourth-order valence-electron chi connectivity index (χ4n) is 1.86. The number of nitrogens with zero attached hydrogens (tertiary/aromatic N) is 2. The van der Waals surface area contributed by atoms with Gasteiger partial charge < -0.3 is 9.97 Å². The van der Waals surface area contributed by atoms with Gasteiger partial charge in [-0.1, -0.05) is 30.4 Å². The first-order chi connectivity index (χ1) is 8.16. The quantitative estimate of drug-likeness (QED) is 0.481. The van der Waals surface area contributed by atoms with Crippen molar-refractivity contribution in [2.24, 2.45) is 0 Å². The second-order valence-electron chi connectivity index (χ2n) is 3.80. The van der Waals surface area contributed by atoms with Crippen LogP contribution in [-0.4, -0.2) is 20.2 Å². The number of aryl methyl sites for hydroxylation is 1. The van der Waals surface area contributed by atoms with E-state index in [1.54, 1.807) is 0 Å². The Hall–Kier alpha value is -1.66. The molecule has 0 fully saturated rings. The van der Waals surface area contributed by atoms with Crippen LogP contribution in [0.15, 0.2) is 18.2 Å². The van der Waals surface area contributed by atoms with Gasteiger partial charge in [-0.15, -0.1) is 10.2 Å². The molecule has 0 saturated heterocycles. The smallest absolute Gasteiger partial charge is 0.176 e. The van der Waals surface area contributed by atoms with E-state index in [4.69, 9.17) is 24.4 Å². The molecule has 3 aromatic rings. The molecule has 4 nitrogen and oxygen atoms in total. The van der Waals surface area contributed by atoms with Gasteiger partial charge in [-0.3, -0.25) is 0 Å². The number of aromatic nitrogens is 4. The van der Waals surface area contributed by atoms with E-state index in [0.717, 1.165) is 22.0 Å². The Morgan fingerprint density at radius 3 is 2.65 bits per heavy atom. The van der Waals surface area contributed by atoms with Gasteiger partial charge in [-0.2, -0.15) is 0 Å². The Morgan fingerprint density at radius 2 is 1.82 bits per heavy atom. The normalized spacial score (nSPS) is 11.1. The van der Waals surface area contributed by atoms with Gasteiger partial charge in [0, 0.05) is 5.39 Å². The molecule has 0 aliphatic carbocycles. The highest BCUT2D eigenvalue weighted by molar-refractivity contribution is 7.72. The molecule has 3 rings (SSSR count). The largest absolute Gasteiger partial charge is 0.330 e. The molecule has 17 heavy (non-hydrogen) atoms. The van der Waals surface area contributed by atoms with Crippen LogP contribution in [0.4, 0.5) is 0 Å². The summed E-state index contributed by atoms with van der Waals surface area (Å²) >= 11 is 10.3. The topological polar surface area (TPSA) is 57.4 Å². The molecule has 2 aromatic heterocycles. The maximum Gasteiger partial charge on any atom is 0.176 e. The van der Waals surface area contributed by atoms with Crippen molar-refractivity contribution in [3.05, 3.63) is 33.2 Å². The van der Waals surface area contributed by atoms with Crippen LogP contribution in [-0.2, 0) is 0 Å². The molecule has 0 unspecified atom stereocenters. The number of aromatic amines is 2. The fourth-order valence-corrected chi connectivity index (χ4v) is 2.38. The summed E-state index contributed by atoms with van der Waals surface area (Å²) in [6, 6.07) is 5.97. The van der Waals surface area contributed by atoms with Gasteiger partial charge in [0.1, 0.15) is 10.2 Å². The maximum absolute atomic E-state index is 5.19. The first-order valence-corrected chi connectivity index (χ1v) is 5.87. The van der Waals surface area contributed by atoms with E-state index in [-0.39, 0.29) is 0 Å². The summed E-state index contributed by atoms with van der Waals surface area (Å²) in [5.41, 5.74) is 3.43. The molecule has 6 heteroatoms. The summed E-state index contributed by atoms with van der Waals surface area (Å²) in [7, 11) is 0. The highest BCUT2D eigenvalue weighted by Crippen LogP contribution is 2.22. The van der Waals surface area contributed by atoms with Crippen LogP contribution in [0.25, 0.3) is 21.9 Å². The summed E-state index contributed by atoms with van der Waals surface area (Å²) in [5.74, 6) is 0. The van der Waals surface area contributed by atoms with Gasteiger partial charge in [0.15, 0.2) is 4.77 Å². The van der Waals surface area contributed by atoms with Gasteiger partial charge in [0.05, 0.1) is 11.0 Å². The minimum absolute atomic E-state index is 0.498. The number of hydrogen-bond donors (Lipinski definition) is 2. The molecule has 0 spiro atoms. The zero-order chi connectivity index (χ0) is 12.0. The highest BCUT2D eigenvalue weighted by atomic mass is 32.1. The van der Waals surface area contributed by atoms with E-state index < -0.39 is 0 Å². The Morgan fingerprint density at radius 1 is 1.06 bits per heavy atom. The number of nitrogens with one attached hydrogen (secondary N) is 2. The number of hydrogen-bond acceptors (Lipinski definition) is 4. The number of H-pyrrole nitrogens is 2. The van der Waals surface area contributed by atoms with E-state index in [1.807, 2.05) is 25.1 Å². The zero-order valence-corrected chi connectivity index (χ0v) is 10.6. The van der Waals surface area contributed by atoms with Crippen molar-refractivity contribution in [1.29, 1.82) is 0 Å². The van der Waals surface area contributed by atoms with Crippen LogP contribution >= 0.6 is 24.4 Å². The lowest BCUT2D eigenvalue weighted by atomic mass is 10.1. The summed E-state index contributed by atoms with van der Waals surface area (Å²) in [5, 5.41) is 9.34. The minimum atomic E-state index is 0.498. The lowest BCUT2D eigenvalue weighted by Gasteiger charge is -2.04. The molecule has 0 atom stereocenters. The van der Waals surface area contributed by atoms with E-state index in [0.29, 0.717) is 14.9 Å². The second kappa shape index (κ2) is 3.68. The van der Waals surface area contributed by atoms with Crippen LogP contribution < -0.4 is 0 Å². The molecule has 2 N–H and O–H groups in total. The SMILES string of the molecule is Cc1cccc2c1nnc1c(=S)[nH]c(=S)[nH]c12. The Balaban J connectivity index is 2.70. The molecular formula is C11H8N4S2. The van der Waals surface area contributed by atoms with E-state index in [1.165, 1.54) is 0 Å². The first-order valence-electron chi connectivity index (χ1n) is 5.05. The second-order valence-corrected chi connectivity index (χ2v) is 4.62. The molecular weight excluding hydrogens is 252 g/mol. The number of fused-ring (bicyclic) bond motifs is 3. The Bertz CT molecular complexity index is 847. The fraction of sp³-hybridized carbons (Fsp3) is 0.0909. The lowest BCUT2D eigenvalue weighted by Crippen LogP contribution is -1.94. The van der Waals surface area contributed by atoms with Crippen molar-refractivity contribution in [2.75, 3.05) is 0 Å². The van der Waals surface area contributed by atoms with Crippen molar-refractivity contribution in [3.63, 3.8) is 0 Å². The van der Waals surface area contributed by atoms with Crippen LogP contribution in [0.5, 0.6) is 0 Å². The lowest BCUT2D eigenvalue weighted by molar-refractivity contribution is 1.07. The highest BCUT2D eigenvalue weighted by Gasteiger charge is 2.06. The van der Waals surface area contributed by atoms with Crippen molar-refractivity contribution in [3.8, 4) is 0 Å². The van der Waals surface area contributed by atoms with Crippen molar-refractivity contribution in [2.45, 2.75) is 6.92 Å². The molecule has 1 aromatic carbocycles. The summed E-state index contributed by atoms with van der Waals surface area (Å²) in [6.45, 7) is 2.00. The van der Waals surface area contributed by atoms with Crippen molar-refractivity contribution >= 4 is 46.4 Å². The molecule has 0 saturated carbocycles. The van der Waals surface area contributed by atoms with Crippen LogP contribution in [0.2, 0.25) is 0 Å². The van der Waals surface area contributed by atoms with Gasteiger partial charge in [-0.05, 0) is 24.7 Å². The molecule has 0 aliphatic heterocycles. The van der Waals surface area contributed by atoms with Crippen LogP contribution in [0, 0.1) is 16.3 Å². The van der Waals surface area contributed by atoms with Gasteiger partial charge >= 0.3 is 0 Å². The third-order valence-electron chi connectivity index (χ3n) is 2.67. The number of benzene rings is 1. The molecule has 84 valence electrons. The Labute approximate surface area is 107 Å². The van der Waals surface area contributed by atoms with Crippen LogP contribution in [0.1, 0.15) is 5.56 Å². The monoisotopic (exact) mass is 260 g/mol. The minimum Gasteiger partial charge on any atom is -0.330 e. The molecule has 0 amide bonds. The Kier molecular flexibility index (Phi) is 2.27. The average molecular weight is 260 g/mol. The van der Waals surface area contributed by atoms with Crippen molar-refractivity contribution < 1.29 is 0 Å². The molecule has 0 bridgehead atoms. The molecule has 0 aliphatic rings. The van der Waals surface area contributed by atoms with Gasteiger partial charge in [0.25, 0.3) is 0 Å². The summed E-state index contributed by atoms with van der Waals surface area (Å²) in [4.78, 5) is 5.95.